The fourth-order valence-electron chi connectivity index (χ4n) is 4.35. The predicted molar refractivity (Wildman–Crippen MR) is 116 cm³/mol. The lowest BCUT2D eigenvalue weighted by Gasteiger charge is -2.25. The van der Waals surface area contributed by atoms with E-state index in [1.807, 2.05) is 56.4 Å². The molecule has 1 aliphatic carbocycles. The summed E-state index contributed by atoms with van der Waals surface area (Å²) in [4.78, 5) is 37.9. The van der Waals surface area contributed by atoms with Gasteiger partial charge in [-0.15, -0.1) is 0 Å². The van der Waals surface area contributed by atoms with E-state index in [1.165, 1.54) is 0 Å². The molecule has 4 rings (SSSR count). The number of rotatable bonds is 5. The second kappa shape index (κ2) is 8.30. The van der Waals surface area contributed by atoms with Crippen LogP contribution in [0.1, 0.15) is 48.5 Å². The summed E-state index contributed by atoms with van der Waals surface area (Å²) in [6, 6.07) is 13.8. The lowest BCUT2D eigenvalue weighted by molar-refractivity contribution is -0.121. The molecule has 1 aliphatic heterocycles. The molecule has 0 aromatic heterocycles. The van der Waals surface area contributed by atoms with Crippen molar-refractivity contribution in [2.24, 2.45) is 0 Å². The van der Waals surface area contributed by atoms with Crippen LogP contribution in [0.15, 0.2) is 42.5 Å². The van der Waals surface area contributed by atoms with Gasteiger partial charge < -0.3 is 15.5 Å². The zero-order valence-corrected chi connectivity index (χ0v) is 17.4. The number of nitrogens with one attached hydrogen (secondary N) is 2. The van der Waals surface area contributed by atoms with E-state index in [-0.39, 0.29) is 29.8 Å². The highest BCUT2D eigenvalue weighted by Crippen LogP contribution is 2.30. The molecular formula is C24H27N3O3. The Kier molecular flexibility index (Phi) is 5.57. The Morgan fingerprint density at radius 3 is 2.57 bits per heavy atom. The molecule has 1 heterocycles. The maximum absolute atomic E-state index is 12.9. The number of hydrogen-bond acceptors (Lipinski definition) is 3. The molecule has 2 aliphatic rings. The molecular weight excluding hydrogens is 378 g/mol. The molecule has 0 saturated heterocycles. The van der Waals surface area contributed by atoms with Crippen LogP contribution in [0.4, 0.5) is 5.69 Å². The quantitative estimate of drug-likeness (QED) is 0.801. The van der Waals surface area contributed by atoms with Gasteiger partial charge in [0.1, 0.15) is 0 Å². The fourth-order valence-corrected chi connectivity index (χ4v) is 4.35. The number of hydrogen-bond donors (Lipinski definition) is 2. The Morgan fingerprint density at radius 2 is 1.83 bits per heavy atom. The summed E-state index contributed by atoms with van der Waals surface area (Å²) < 4.78 is 0. The molecule has 3 amide bonds. The Hall–Kier alpha value is -3.15. The minimum absolute atomic E-state index is 0.00207. The number of carbonyl (C=O) groups excluding carboxylic acids is 3. The van der Waals surface area contributed by atoms with Crippen molar-refractivity contribution in [2.75, 3.05) is 12.4 Å². The first-order valence-electron chi connectivity index (χ1n) is 10.5. The van der Waals surface area contributed by atoms with Crippen molar-refractivity contribution >= 4 is 23.4 Å². The van der Waals surface area contributed by atoms with Gasteiger partial charge in [0, 0.05) is 36.8 Å². The van der Waals surface area contributed by atoms with E-state index in [9.17, 15) is 14.4 Å². The SMILES string of the molecule is CCC(=O)N[C@@H]1CC[C@H](N(C)C(=O)c2ccc(-c3ccc4c(c3)CC(=O)N4)cc2)C1. The van der Waals surface area contributed by atoms with Crippen molar-refractivity contribution in [2.45, 2.75) is 51.1 Å². The molecule has 0 unspecified atom stereocenters. The monoisotopic (exact) mass is 405 g/mol. The topological polar surface area (TPSA) is 78.5 Å². The summed E-state index contributed by atoms with van der Waals surface area (Å²) in [6.07, 6.45) is 3.50. The van der Waals surface area contributed by atoms with Gasteiger partial charge in [0.15, 0.2) is 0 Å². The lowest BCUT2D eigenvalue weighted by atomic mass is 10.00. The van der Waals surface area contributed by atoms with Gasteiger partial charge in [-0.1, -0.05) is 25.1 Å². The van der Waals surface area contributed by atoms with Crippen LogP contribution in [0.25, 0.3) is 11.1 Å². The molecule has 2 atom stereocenters. The van der Waals surface area contributed by atoms with Crippen LogP contribution in [0.2, 0.25) is 0 Å². The minimum Gasteiger partial charge on any atom is -0.353 e. The Labute approximate surface area is 176 Å². The molecule has 2 aromatic carbocycles. The number of amides is 3. The van der Waals surface area contributed by atoms with Crippen LogP contribution in [0, 0.1) is 0 Å². The Morgan fingerprint density at radius 1 is 1.10 bits per heavy atom. The molecule has 2 N–H and O–H groups in total. The first-order chi connectivity index (χ1) is 14.4. The van der Waals surface area contributed by atoms with Gasteiger partial charge in [-0.25, -0.2) is 0 Å². The van der Waals surface area contributed by atoms with Crippen molar-refractivity contribution in [3.05, 3.63) is 53.6 Å². The van der Waals surface area contributed by atoms with E-state index >= 15 is 0 Å². The fraction of sp³-hybridized carbons (Fsp3) is 0.375. The minimum atomic E-state index is -0.00207. The molecule has 1 fully saturated rings. The van der Waals surface area contributed by atoms with Gasteiger partial charge in [-0.2, -0.15) is 0 Å². The molecule has 1 saturated carbocycles. The van der Waals surface area contributed by atoms with Crippen LogP contribution in [0.5, 0.6) is 0 Å². The summed E-state index contributed by atoms with van der Waals surface area (Å²) in [5, 5.41) is 5.88. The zero-order valence-electron chi connectivity index (χ0n) is 17.4. The molecule has 6 nitrogen and oxygen atoms in total. The Bertz CT molecular complexity index is 984. The maximum Gasteiger partial charge on any atom is 0.253 e. The first kappa shape index (κ1) is 20.1. The zero-order chi connectivity index (χ0) is 21.3. The average Bonchev–Trinajstić information content (AvgIpc) is 3.37. The molecule has 0 radical (unpaired) electrons. The van der Waals surface area contributed by atoms with Crippen molar-refractivity contribution in [3.63, 3.8) is 0 Å². The van der Waals surface area contributed by atoms with Crippen molar-refractivity contribution in [1.82, 2.24) is 10.2 Å². The van der Waals surface area contributed by atoms with Crippen molar-refractivity contribution in [3.8, 4) is 11.1 Å². The van der Waals surface area contributed by atoms with Crippen LogP contribution < -0.4 is 10.6 Å². The van der Waals surface area contributed by atoms with Crippen LogP contribution in [0.3, 0.4) is 0 Å². The van der Waals surface area contributed by atoms with Gasteiger partial charge in [0.25, 0.3) is 5.91 Å². The number of carbonyl (C=O) groups is 3. The first-order valence-corrected chi connectivity index (χ1v) is 10.5. The third kappa shape index (κ3) is 4.08. The molecule has 6 heteroatoms. The highest BCUT2D eigenvalue weighted by molar-refractivity contribution is 6.00. The van der Waals surface area contributed by atoms with Crippen molar-refractivity contribution < 1.29 is 14.4 Å². The third-order valence-corrected chi connectivity index (χ3v) is 6.15. The lowest BCUT2D eigenvalue weighted by Crippen LogP contribution is -2.38. The summed E-state index contributed by atoms with van der Waals surface area (Å²) >= 11 is 0. The average molecular weight is 405 g/mol. The van der Waals surface area contributed by atoms with Gasteiger partial charge in [0.05, 0.1) is 6.42 Å². The second-order valence-corrected chi connectivity index (χ2v) is 8.18. The van der Waals surface area contributed by atoms with Crippen LogP contribution in [-0.2, 0) is 16.0 Å². The largest absolute Gasteiger partial charge is 0.353 e. The van der Waals surface area contributed by atoms with Crippen molar-refractivity contribution in [1.29, 1.82) is 0 Å². The summed E-state index contributed by atoms with van der Waals surface area (Å²) in [5.74, 6) is 0.0873. The third-order valence-electron chi connectivity index (χ3n) is 6.15. The normalized spacial score (nSPS) is 19.9. The molecule has 2 aromatic rings. The number of fused-ring (bicyclic) bond motifs is 1. The summed E-state index contributed by atoms with van der Waals surface area (Å²) in [7, 11) is 1.84. The molecule has 0 spiro atoms. The van der Waals surface area contributed by atoms with Crippen LogP contribution in [-0.4, -0.2) is 41.8 Å². The summed E-state index contributed by atoms with van der Waals surface area (Å²) in [5.41, 5.74) is 4.58. The highest BCUT2D eigenvalue weighted by atomic mass is 16.2. The van der Waals surface area contributed by atoms with E-state index in [2.05, 4.69) is 10.6 Å². The Balaban J connectivity index is 1.41. The number of benzene rings is 2. The molecule has 30 heavy (non-hydrogen) atoms. The van der Waals surface area contributed by atoms with E-state index in [4.69, 9.17) is 0 Å². The van der Waals surface area contributed by atoms with E-state index in [0.29, 0.717) is 18.4 Å². The van der Waals surface area contributed by atoms with Gasteiger partial charge in [0.2, 0.25) is 11.8 Å². The second-order valence-electron chi connectivity index (χ2n) is 8.18. The summed E-state index contributed by atoms with van der Waals surface area (Å²) in [6.45, 7) is 1.85. The van der Waals surface area contributed by atoms with E-state index < -0.39 is 0 Å². The maximum atomic E-state index is 12.9. The standard InChI is InChI=1S/C24H27N3O3/c1-3-22(28)25-19-9-10-20(14-19)27(2)24(30)16-6-4-15(5-7-16)17-8-11-21-18(12-17)13-23(29)26-21/h4-8,11-12,19-20H,3,9-10,13-14H2,1-2H3,(H,25,28)(H,26,29)/t19-,20+/m1/s1. The van der Waals surface area contributed by atoms with Crippen LogP contribution >= 0.6 is 0 Å². The molecule has 156 valence electrons. The van der Waals surface area contributed by atoms with Gasteiger partial charge in [-0.05, 0) is 60.2 Å². The molecule has 0 bridgehead atoms. The number of anilines is 1. The number of nitrogens with zero attached hydrogens (tertiary/aromatic N) is 1. The highest BCUT2D eigenvalue weighted by Gasteiger charge is 2.30. The van der Waals surface area contributed by atoms with Gasteiger partial charge >= 0.3 is 0 Å². The predicted octanol–water partition coefficient (Wildman–Crippen LogP) is 3.37. The van der Waals surface area contributed by atoms with Gasteiger partial charge in [-0.3, -0.25) is 14.4 Å². The van der Waals surface area contributed by atoms with E-state index in [0.717, 1.165) is 41.6 Å². The van der Waals surface area contributed by atoms with E-state index in [1.54, 1.807) is 4.90 Å². The smallest absolute Gasteiger partial charge is 0.253 e.